The van der Waals surface area contributed by atoms with E-state index in [1.54, 1.807) is 11.1 Å². The molecule has 3 rings (SSSR count). The number of nitrogens with zero attached hydrogens (tertiary/aromatic N) is 1. The molecular weight excluding hydrogens is 418 g/mol. The maximum atomic E-state index is 10.1. The van der Waals surface area contributed by atoms with Crippen molar-refractivity contribution in [1.29, 1.82) is 0 Å². The van der Waals surface area contributed by atoms with Crippen LogP contribution in [0, 0.1) is 22.7 Å². The zero-order valence-electron chi connectivity index (χ0n) is 23.1. The molecule has 192 valence electrons. The highest BCUT2D eigenvalue weighted by Gasteiger charge is 2.45. The molecule has 3 aliphatic carbocycles. The van der Waals surface area contributed by atoms with Crippen molar-refractivity contribution in [2.24, 2.45) is 27.8 Å². The Morgan fingerprint density at radius 1 is 1.26 bits per heavy atom. The highest BCUT2D eigenvalue weighted by Crippen LogP contribution is 2.57. The summed E-state index contributed by atoms with van der Waals surface area (Å²) in [4.78, 5) is 0. The average Bonchev–Trinajstić information content (AvgIpc) is 3.15. The Labute approximate surface area is 209 Å². The molecule has 4 atom stereocenters. The molecule has 0 saturated heterocycles. The number of aliphatic hydroxyl groups excluding tert-OH is 1. The first-order valence-corrected chi connectivity index (χ1v) is 13.7. The van der Waals surface area contributed by atoms with Crippen molar-refractivity contribution in [3.8, 4) is 0 Å². The molecule has 3 heteroatoms. The molecule has 0 aromatic heterocycles. The molecule has 0 aliphatic heterocycles. The Kier molecular flexibility index (Phi) is 10.4. The Morgan fingerprint density at radius 3 is 2.62 bits per heavy atom. The van der Waals surface area contributed by atoms with E-state index in [0.29, 0.717) is 11.8 Å². The topological polar surface area (TPSA) is 52.8 Å². The number of oxime groups is 1. The Hall–Kier alpha value is -1.61. The summed E-state index contributed by atoms with van der Waals surface area (Å²) < 4.78 is 0. The summed E-state index contributed by atoms with van der Waals surface area (Å²) >= 11 is 0. The van der Waals surface area contributed by atoms with Crippen LogP contribution in [-0.4, -0.2) is 22.1 Å². The van der Waals surface area contributed by atoms with Crippen molar-refractivity contribution in [2.75, 3.05) is 0 Å². The van der Waals surface area contributed by atoms with Crippen LogP contribution in [0.4, 0.5) is 0 Å². The fraction of sp³-hybridized carbons (Fsp3) is 0.710. The zero-order chi connectivity index (χ0) is 25.5. The fourth-order valence-corrected chi connectivity index (χ4v) is 6.32. The standard InChI is InChI=1S/C29H45NO2.C2H6/c1-20-12-15-24(31)19-23(20)14-13-22-10-8-18-29(6)25(16-17-26(22)29)21(2)9-7-11-27(30-32)28(3,4)5;1-2/h13-14,16,21,24,26,31-32H,1,7-12,15,17-19H2,2-6H3;1-2H3/b22-13+,23-14-,30-27+;/t21-,24-,26?,29-;/m1./s1. The molecule has 0 aromatic rings. The third-order valence-corrected chi connectivity index (χ3v) is 8.37. The molecule has 3 nitrogen and oxygen atoms in total. The number of hydrogen-bond acceptors (Lipinski definition) is 3. The minimum atomic E-state index is -0.211. The molecule has 2 saturated carbocycles. The SMILES string of the molecule is C=C1CC[C@@H](O)C/C1=C/C=C1\CCC[C@]2(C)C([C@H](C)CCC/C(=N\O)C(C)(C)C)=CCC12.CC. The molecule has 1 unspecified atom stereocenters. The van der Waals surface area contributed by atoms with E-state index in [4.69, 9.17) is 0 Å². The highest BCUT2D eigenvalue weighted by atomic mass is 16.4. The van der Waals surface area contributed by atoms with Crippen LogP contribution in [0.2, 0.25) is 0 Å². The molecule has 2 N–H and O–H groups in total. The number of allylic oxidation sites excluding steroid dienone is 6. The number of aliphatic hydroxyl groups is 1. The van der Waals surface area contributed by atoms with E-state index in [0.717, 1.165) is 50.7 Å². The summed E-state index contributed by atoms with van der Waals surface area (Å²) in [6.07, 6.45) is 17.4. The second kappa shape index (κ2) is 12.4. The molecule has 0 amide bonds. The van der Waals surface area contributed by atoms with E-state index >= 15 is 0 Å². The predicted molar refractivity (Wildman–Crippen MR) is 146 cm³/mol. The van der Waals surface area contributed by atoms with Crippen LogP contribution in [-0.2, 0) is 0 Å². The lowest BCUT2D eigenvalue weighted by Crippen LogP contribution is -2.32. The second-order valence-corrected chi connectivity index (χ2v) is 11.7. The Morgan fingerprint density at radius 2 is 1.97 bits per heavy atom. The van der Waals surface area contributed by atoms with Crippen molar-refractivity contribution in [1.82, 2.24) is 0 Å². The Bertz CT molecular complexity index is 823. The quantitative estimate of drug-likeness (QED) is 0.177. The van der Waals surface area contributed by atoms with Gasteiger partial charge in [-0.25, -0.2) is 0 Å². The van der Waals surface area contributed by atoms with Crippen LogP contribution in [0.15, 0.2) is 52.3 Å². The predicted octanol–water partition coefficient (Wildman–Crippen LogP) is 8.79. The lowest BCUT2D eigenvalue weighted by atomic mass is 9.62. The largest absolute Gasteiger partial charge is 0.411 e. The maximum absolute atomic E-state index is 10.1. The van der Waals surface area contributed by atoms with Crippen molar-refractivity contribution in [3.63, 3.8) is 0 Å². The van der Waals surface area contributed by atoms with Gasteiger partial charge in [0, 0.05) is 5.41 Å². The zero-order valence-corrected chi connectivity index (χ0v) is 23.1. The van der Waals surface area contributed by atoms with E-state index in [-0.39, 0.29) is 16.9 Å². The van der Waals surface area contributed by atoms with Gasteiger partial charge in [-0.3, -0.25) is 0 Å². The van der Waals surface area contributed by atoms with E-state index in [9.17, 15) is 10.3 Å². The summed E-state index contributed by atoms with van der Waals surface area (Å²) in [7, 11) is 0. The third kappa shape index (κ3) is 6.74. The van der Waals surface area contributed by atoms with Crippen molar-refractivity contribution in [3.05, 3.63) is 47.1 Å². The van der Waals surface area contributed by atoms with E-state index in [1.165, 1.54) is 30.4 Å². The van der Waals surface area contributed by atoms with Gasteiger partial charge in [-0.2, -0.15) is 0 Å². The van der Waals surface area contributed by atoms with E-state index < -0.39 is 0 Å². The average molecular weight is 470 g/mol. The molecular formula is C31H51NO2. The number of fused-ring (bicyclic) bond motifs is 1. The van der Waals surface area contributed by atoms with Gasteiger partial charge in [0.15, 0.2) is 0 Å². The molecule has 0 aromatic carbocycles. The molecule has 0 bridgehead atoms. The summed E-state index contributed by atoms with van der Waals surface area (Å²) in [5, 5.41) is 23.0. The van der Waals surface area contributed by atoms with Crippen molar-refractivity contribution >= 4 is 5.71 Å². The fourth-order valence-electron chi connectivity index (χ4n) is 6.32. The van der Waals surface area contributed by atoms with Gasteiger partial charge in [0.2, 0.25) is 0 Å². The van der Waals surface area contributed by atoms with Crippen LogP contribution in [0.3, 0.4) is 0 Å². The normalized spacial score (nSPS) is 31.1. The smallest absolute Gasteiger partial charge is 0.0624 e. The first-order chi connectivity index (χ1) is 16.1. The van der Waals surface area contributed by atoms with Gasteiger partial charge in [-0.05, 0) is 87.0 Å². The minimum absolute atomic E-state index is 0.0705. The summed E-state index contributed by atoms with van der Waals surface area (Å²) in [6.45, 7) is 19.5. The first kappa shape index (κ1) is 28.6. The first-order valence-electron chi connectivity index (χ1n) is 13.7. The monoisotopic (exact) mass is 469 g/mol. The summed E-state index contributed by atoms with van der Waals surface area (Å²) in [5.74, 6) is 1.17. The van der Waals surface area contributed by atoms with Gasteiger partial charge in [-0.15, -0.1) is 0 Å². The molecule has 0 heterocycles. The van der Waals surface area contributed by atoms with Gasteiger partial charge >= 0.3 is 0 Å². The third-order valence-electron chi connectivity index (χ3n) is 8.37. The molecule has 0 radical (unpaired) electrons. The maximum Gasteiger partial charge on any atom is 0.0624 e. The van der Waals surface area contributed by atoms with Gasteiger partial charge in [0.05, 0.1) is 11.8 Å². The van der Waals surface area contributed by atoms with Crippen molar-refractivity contribution < 1.29 is 10.3 Å². The van der Waals surface area contributed by atoms with E-state index in [2.05, 4.69) is 64.6 Å². The number of hydrogen-bond donors (Lipinski definition) is 2. The van der Waals surface area contributed by atoms with Gasteiger partial charge in [0.1, 0.15) is 0 Å². The summed E-state index contributed by atoms with van der Waals surface area (Å²) in [6, 6.07) is 0. The lowest BCUT2D eigenvalue weighted by Gasteiger charge is -2.42. The van der Waals surface area contributed by atoms with Gasteiger partial charge in [0.25, 0.3) is 0 Å². The molecule has 34 heavy (non-hydrogen) atoms. The summed E-state index contributed by atoms with van der Waals surface area (Å²) in [5.41, 5.74) is 6.77. The molecule has 0 spiro atoms. The second-order valence-electron chi connectivity index (χ2n) is 11.7. The van der Waals surface area contributed by atoms with Crippen molar-refractivity contribution in [2.45, 2.75) is 119 Å². The molecule has 3 aliphatic rings. The van der Waals surface area contributed by atoms with Gasteiger partial charge in [-0.1, -0.05) is 95.1 Å². The van der Waals surface area contributed by atoms with Crippen LogP contribution in [0.1, 0.15) is 113 Å². The minimum Gasteiger partial charge on any atom is -0.411 e. The van der Waals surface area contributed by atoms with Gasteiger partial charge < -0.3 is 10.3 Å². The van der Waals surface area contributed by atoms with Crippen LogP contribution in [0.5, 0.6) is 0 Å². The van der Waals surface area contributed by atoms with Crippen LogP contribution < -0.4 is 0 Å². The highest BCUT2D eigenvalue weighted by molar-refractivity contribution is 5.88. The van der Waals surface area contributed by atoms with E-state index in [1.807, 2.05) is 13.8 Å². The van der Waals surface area contributed by atoms with Crippen LogP contribution >= 0.6 is 0 Å². The van der Waals surface area contributed by atoms with Crippen LogP contribution in [0.25, 0.3) is 0 Å². The molecule has 2 fully saturated rings. The lowest BCUT2D eigenvalue weighted by molar-refractivity contribution is 0.158. The Balaban J connectivity index is 0.00000199. The number of rotatable bonds is 6.